The second kappa shape index (κ2) is 16.2. The van der Waals surface area contributed by atoms with E-state index in [2.05, 4.69) is 32.9 Å². The summed E-state index contributed by atoms with van der Waals surface area (Å²) in [7, 11) is 3.74. The minimum absolute atomic E-state index is 0.0854. The lowest BCUT2D eigenvalue weighted by molar-refractivity contribution is -0.136. The maximum Gasteiger partial charge on any atom is 0.264 e. The van der Waals surface area contributed by atoms with Crippen LogP contribution in [-0.4, -0.2) is 89.1 Å². The van der Waals surface area contributed by atoms with E-state index in [4.69, 9.17) is 21.3 Å². The van der Waals surface area contributed by atoms with E-state index in [1.54, 1.807) is 42.7 Å². The SMILES string of the molecule is COc1cc2nc(C3CCC(CN(C)CCCCNc4cccc5c4C(=O)N(C4CCC(=O)NC4=O)C5=O)CC3)sc2cc1NC(=O)c1cncc(Cl)c1. The molecule has 4 aromatic rings. The number of nitrogens with zero attached hydrogens (tertiary/aromatic N) is 4. The Morgan fingerprint density at radius 2 is 1.85 bits per heavy atom. The zero-order valence-electron chi connectivity index (χ0n) is 30.2. The van der Waals surface area contributed by atoms with E-state index in [0.717, 1.165) is 71.7 Å². The van der Waals surface area contributed by atoms with Crippen LogP contribution in [0.15, 0.2) is 48.8 Å². The molecule has 13 nitrogen and oxygen atoms in total. The third kappa shape index (κ3) is 7.96. The van der Waals surface area contributed by atoms with Crippen molar-refractivity contribution in [2.75, 3.05) is 44.4 Å². The van der Waals surface area contributed by atoms with Crippen LogP contribution in [0.1, 0.15) is 93.4 Å². The minimum atomic E-state index is -0.985. The number of benzene rings is 2. The fourth-order valence-electron chi connectivity index (χ4n) is 7.66. The number of methoxy groups -OCH3 is 1. The molecular weight excluding hydrogens is 730 g/mol. The standard InChI is InChI=1S/C39H42ClN7O6S/c1-46(15-4-3-14-42-27-7-5-6-26-34(27)39(52)47(38(26)51)30-12-13-33(48)45-36(30)50)21-22-8-10-23(11-9-22)37-44-29-17-31(53-2)28(18-32(29)54-37)43-35(49)24-16-25(40)20-41-19-24/h5-7,16-20,22-23,30,42H,3-4,8-15,21H2,1-2H3,(H,43,49)(H,45,48,50). The van der Waals surface area contributed by atoms with E-state index in [1.165, 1.54) is 12.4 Å². The summed E-state index contributed by atoms with van der Waals surface area (Å²) >= 11 is 7.70. The molecule has 2 fully saturated rings. The lowest BCUT2D eigenvalue weighted by Crippen LogP contribution is -2.54. The normalized spacial score (nSPS) is 20.0. The van der Waals surface area contributed by atoms with Gasteiger partial charge in [-0.15, -0.1) is 11.3 Å². The van der Waals surface area contributed by atoms with Gasteiger partial charge >= 0.3 is 0 Å². The first-order valence-electron chi connectivity index (χ1n) is 18.3. The molecule has 15 heteroatoms. The molecule has 4 heterocycles. The van der Waals surface area contributed by atoms with E-state index in [0.29, 0.717) is 46.1 Å². The van der Waals surface area contributed by atoms with E-state index in [1.807, 2.05) is 12.1 Å². The van der Waals surface area contributed by atoms with Gasteiger partial charge in [0, 0.05) is 49.6 Å². The number of imide groups is 2. The molecule has 3 N–H and O–H groups in total. The number of carbonyl (C=O) groups is 5. The van der Waals surface area contributed by atoms with Crippen LogP contribution in [0, 0.1) is 5.92 Å². The largest absolute Gasteiger partial charge is 0.494 e. The summed E-state index contributed by atoms with van der Waals surface area (Å²) in [6.07, 6.45) is 9.43. The number of hydrogen-bond acceptors (Lipinski definition) is 11. The van der Waals surface area contributed by atoms with E-state index >= 15 is 0 Å². The number of thiazole rings is 1. The van der Waals surface area contributed by atoms with Gasteiger partial charge in [-0.05, 0) is 88.7 Å². The van der Waals surface area contributed by atoms with Gasteiger partial charge in [0.05, 0.1) is 49.7 Å². The Morgan fingerprint density at radius 3 is 2.61 bits per heavy atom. The summed E-state index contributed by atoms with van der Waals surface area (Å²) in [5, 5.41) is 10.0. The number of rotatable bonds is 13. The van der Waals surface area contributed by atoms with Crippen LogP contribution in [0.2, 0.25) is 5.02 Å². The van der Waals surface area contributed by atoms with Crippen molar-refractivity contribution in [3.8, 4) is 5.75 Å². The lowest BCUT2D eigenvalue weighted by atomic mass is 9.82. The van der Waals surface area contributed by atoms with Gasteiger partial charge in [-0.3, -0.25) is 39.2 Å². The predicted octanol–water partition coefficient (Wildman–Crippen LogP) is 6.10. The van der Waals surface area contributed by atoms with E-state index in [-0.39, 0.29) is 29.9 Å². The molecule has 1 saturated heterocycles. The molecule has 2 aliphatic heterocycles. The number of unbranched alkanes of at least 4 members (excludes halogenated alkanes) is 1. The summed E-state index contributed by atoms with van der Waals surface area (Å²) in [4.78, 5) is 75.7. The Bertz CT molecular complexity index is 2120. The van der Waals surface area contributed by atoms with Crippen molar-refractivity contribution in [2.24, 2.45) is 5.92 Å². The highest BCUT2D eigenvalue weighted by atomic mass is 35.5. The average molecular weight is 772 g/mol. The number of ether oxygens (including phenoxy) is 1. The van der Waals surface area contributed by atoms with Gasteiger partial charge in [0.15, 0.2) is 0 Å². The van der Waals surface area contributed by atoms with Crippen LogP contribution in [0.25, 0.3) is 10.2 Å². The molecule has 1 saturated carbocycles. The number of hydrogen-bond donors (Lipinski definition) is 3. The van der Waals surface area contributed by atoms with Crippen molar-refractivity contribution in [1.29, 1.82) is 0 Å². The smallest absolute Gasteiger partial charge is 0.264 e. The molecule has 2 aromatic heterocycles. The van der Waals surface area contributed by atoms with Gasteiger partial charge in [-0.25, -0.2) is 4.98 Å². The minimum Gasteiger partial charge on any atom is -0.494 e. The zero-order chi connectivity index (χ0) is 37.9. The van der Waals surface area contributed by atoms with Gasteiger partial charge < -0.3 is 20.3 Å². The number of carbonyl (C=O) groups excluding carboxylic acids is 5. The molecule has 7 rings (SSSR count). The predicted molar refractivity (Wildman–Crippen MR) is 206 cm³/mol. The van der Waals surface area contributed by atoms with E-state index in [9.17, 15) is 24.0 Å². The van der Waals surface area contributed by atoms with Gasteiger partial charge in [-0.1, -0.05) is 17.7 Å². The molecule has 54 heavy (non-hydrogen) atoms. The highest BCUT2D eigenvalue weighted by molar-refractivity contribution is 7.18. The molecule has 282 valence electrons. The highest BCUT2D eigenvalue weighted by Crippen LogP contribution is 2.41. The summed E-state index contributed by atoms with van der Waals surface area (Å²) in [6.45, 7) is 2.61. The summed E-state index contributed by atoms with van der Waals surface area (Å²) in [5.74, 6) is -0.790. The van der Waals surface area contributed by atoms with Crippen molar-refractivity contribution in [1.82, 2.24) is 25.1 Å². The Balaban J connectivity index is 0.859. The molecule has 3 aliphatic rings. The molecule has 0 spiro atoms. The Morgan fingerprint density at radius 1 is 1.04 bits per heavy atom. The molecule has 2 aromatic carbocycles. The van der Waals surface area contributed by atoms with Crippen molar-refractivity contribution >= 4 is 74.1 Å². The number of anilines is 2. The molecule has 1 aliphatic carbocycles. The molecule has 0 radical (unpaired) electrons. The third-order valence-corrected chi connectivity index (χ3v) is 11.8. The quantitative estimate of drug-likeness (QED) is 0.107. The fraction of sp³-hybridized carbons (Fsp3) is 0.410. The van der Waals surface area contributed by atoms with Crippen molar-refractivity contribution in [2.45, 2.75) is 63.3 Å². The third-order valence-electron chi connectivity index (χ3n) is 10.5. The Kier molecular flexibility index (Phi) is 11.2. The van der Waals surface area contributed by atoms with Gasteiger partial charge in [0.2, 0.25) is 11.8 Å². The summed E-state index contributed by atoms with van der Waals surface area (Å²) < 4.78 is 6.58. The van der Waals surface area contributed by atoms with Crippen LogP contribution in [0.3, 0.4) is 0 Å². The number of halogens is 1. The number of nitrogens with one attached hydrogen (secondary N) is 3. The maximum absolute atomic E-state index is 13.3. The second-order valence-electron chi connectivity index (χ2n) is 14.2. The number of pyridine rings is 1. The first-order chi connectivity index (χ1) is 26.1. The van der Waals surface area contributed by atoms with Gasteiger partial charge in [-0.2, -0.15) is 0 Å². The molecule has 5 amide bonds. The monoisotopic (exact) mass is 771 g/mol. The topological polar surface area (TPSA) is 163 Å². The summed E-state index contributed by atoms with van der Waals surface area (Å²) in [5.41, 5.74) is 2.93. The van der Waals surface area contributed by atoms with Crippen LogP contribution in [0.4, 0.5) is 11.4 Å². The average Bonchev–Trinajstić information content (AvgIpc) is 3.69. The molecule has 1 atom stereocenters. The van der Waals surface area contributed by atoms with Crippen LogP contribution in [0.5, 0.6) is 5.75 Å². The number of fused-ring (bicyclic) bond motifs is 2. The van der Waals surface area contributed by atoms with Crippen LogP contribution < -0.4 is 20.7 Å². The van der Waals surface area contributed by atoms with Crippen molar-refractivity contribution in [3.63, 3.8) is 0 Å². The second-order valence-corrected chi connectivity index (χ2v) is 15.7. The Hall–Kier alpha value is -4.92. The summed E-state index contributed by atoms with van der Waals surface area (Å²) in [6, 6.07) is 9.51. The lowest BCUT2D eigenvalue weighted by Gasteiger charge is -2.30. The fourth-order valence-corrected chi connectivity index (χ4v) is 8.99. The Labute approximate surface area is 321 Å². The molecular formula is C39H42ClN7O6S. The van der Waals surface area contributed by atoms with Crippen molar-refractivity contribution in [3.05, 3.63) is 75.5 Å². The number of piperidine rings is 1. The van der Waals surface area contributed by atoms with Gasteiger partial charge in [0.25, 0.3) is 17.7 Å². The molecule has 1 unspecified atom stereocenters. The van der Waals surface area contributed by atoms with Gasteiger partial charge in [0.1, 0.15) is 11.8 Å². The number of amides is 5. The maximum atomic E-state index is 13.3. The van der Waals surface area contributed by atoms with Crippen LogP contribution in [-0.2, 0) is 9.59 Å². The molecule has 0 bridgehead atoms. The highest BCUT2D eigenvalue weighted by Gasteiger charge is 2.45. The number of aromatic nitrogens is 2. The first-order valence-corrected chi connectivity index (χ1v) is 19.5. The zero-order valence-corrected chi connectivity index (χ0v) is 31.7. The van der Waals surface area contributed by atoms with Crippen molar-refractivity contribution < 1.29 is 28.7 Å². The van der Waals surface area contributed by atoms with Crippen LogP contribution >= 0.6 is 22.9 Å². The van der Waals surface area contributed by atoms with E-state index < -0.39 is 29.7 Å². The first kappa shape index (κ1) is 37.4.